The number of thiocarbonyl (C=S) groups is 1. The highest BCUT2D eigenvalue weighted by Crippen LogP contribution is 2.16. The smallest absolute Gasteiger partial charge is 0.0291 e. The summed E-state index contributed by atoms with van der Waals surface area (Å²) in [5, 5.41) is 2.74. The third-order valence-electron chi connectivity index (χ3n) is 1.69. The van der Waals surface area contributed by atoms with Crippen LogP contribution in [0.15, 0.2) is 24.3 Å². The van der Waals surface area contributed by atoms with Crippen molar-refractivity contribution in [3.63, 3.8) is 0 Å². The minimum Gasteiger partial charge on any atom is -0.0840 e. The van der Waals surface area contributed by atoms with Crippen LogP contribution in [0.4, 0.5) is 0 Å². The number of hydrogen-bond donors (Lipinski definition) is 0. The van der Waals surface area contributed by atoms with E-state index in [9.17, 15) is 0 Å². The van der Waals surface area contributed by atoms with E-state index in [1.54, 1.807) is 0 Å². The topological polar surface area (TPSA) is 0 Å². The van der Waals surface area contributed by atoms with Crippen LogP contribution in [-0.4, -0.2) is 5.37 Å². The summed E-state index contributed by atoms with van der Waals surface area (Å²) in [7, 11) is 0. The first-order valence-corrected chi connectivity index (χ1v) is 4.02. The fraction of sp³-hybridized carbons (Fsp3) is 0.444. The van der Waals surface area contributed by atoms with Gasteiger partial charge >= 0.3 is 0 Å². The Morgan fingerprint density at radius 2 is 2.40 bits per heavy atom. The van der Waals surface area contributed by atoms with Crippen molar-refractivity contribution in [1.29, 1.82) is 0 Å². The summed E-state index contributed by atoms with van der Waals surface area (Å²) in [6.45, 7) is 0. The van der Waals surface area contributed by atoms with Gasteiger partial charge in [-0.3, -0.25) is 0 Å². The molecule has 1 atom stereocenters. The van der Waals surface area contributed by atoms with Crippen molar-refractivity contribution in [2.45, 2.75) is 19.3 Å². The SMILES string of the molecule is S=[C]CCC1C=CC=CC1. The van der Waals surface area contributed by atoms with Crippen molar-refractivity contribution in [3.05, 3.63) is 24.3 Å². The maximum Gasteiger partial charge on any atom is 0.0291 e. The predicted octanol–water partition coefficient (Wildman–Crippen LogP) is 2.78. The lowest BCUT2D eigenvalue weighted by molar-refractivity contribution is 0.615. The summed E-state index contributed by atoms with van der Waals surface area (Å²) >= 11 is 4.63. The molecule has 0 N–H and O–H groups in total. The van der Waals surface area contributed by atoms with E-state index in [1.165, 1.54) is 6.42 Å². The summed E-state index contributed by atoms with van der Waals surface area (Å²) in [4.78, 5) is 0. The summed E-state index contributed by atoms with van der Waals surface area (Å²) in [5.41, 5.74) is 0. The first-order valence-electron chi connectivity index (χ1n) is 3.62. The van der Waals surface area contributed by atoms with Crippen LogP contribution in [0.3, 0.4) is 0 Å². The summed E-state index contributed by atoms with van der Waals surface area (Å²) < 4.78 is 0. The van der Waals surface area contributed by atoms with Gasteiger partial charge in [-0.2, -0.15) is 0 Å². The third-order valence-corrected chi connectivity index (χ3v) is 1.89. The molecule has 0 spiro atoms. The lowest BCUT2D eigenvalue weighted by Gasteiger charge is -2.09. The molecule has 1 rings (SSSR count). The average molecular weight is 151 g/mol. The van der Waals surface area contributed by atoms with Gasteiger partial charge in [0.1, 0.15) is 0 Å². The van der Waals surface area contributed by atoms with Crippen LogP contribution in [-0.2, 0) is 0 Å². The van der Waals surface area contributed by atoms with E-state index in [4.69, 9.17) is 0 Å². The standard InChI is InChI=1S/C9H11S/c10-8-4-7-9-5-2-1-3-6-9/h1-3,5,9H,4,6-7H2. The van der Waals surface area contributed by atoms with Crippen molar-refractivity contribution >= 4 is 17.6 Å². The molecule has 0 amide bonds. The predicted molar refractivity (Wildman–Crippen MR) is 48.2 cm³/mol. The Morgan fingerprint density at radius 3 is 3.00 bits per heavy atom. The molecule has 10 heavy (non-hydrogen) atoms. The highest BCUT2D eigenvalue weighted by Gasteiger charge is 2.02. The molecule has 0 aromatic carbocycles. The highest BCUT2D eigenvalue weighted by atomic mass is 32.1. The van der Waals surface area contributed by atoms with Gasteiger partial charge in [0.25, 0.3) is 0 Å². The molecule has 1 radical (unpaired) electrons. The zero-order chi connectivity index (χ0) is 7.23. The largest absolute Gasteiger partial charge is 0.0840 e. The quantitative estimate of drug-likeness (QED) is 0.559. The molecule has 1 aliphatic rings. The van der Waals surface area contributed by atoms with Gasteiger partial charge in [-0.25, -0.2) is 0 Å². The summed E-state index contributed by atoms with van der Waals surface area (Å²) in [6.07, 6.45) is 11.9. The van der Waals surface area contributed by atoms with Gasteiger partial charge in [0.2, 0.25) is 0 Å². The first kappa shape index (κ1) is 7.67. The van der Waals surface area contributed by atoms with E-state index in [-0.39, 0.29) is 0 Å². The van der Waals surface area contributed by atoms with Gasteiger partial charge < -0.3 is 0 Å². The monoisotopic (exact) mass is 151 g/mol. The fourth-order valence-electron chi connectivity index (χ4n) is 1.09. The van der Waals surface area contributed by atoms with Gasteiger partial charge in [0.05, 0.1) is 0 Å². The Bertz CT molecular complexity index is 156. The Kier molecular flexibility index (Phi) is 3.37. The summed E-state index contributed by atoms with van der Waals surface area (Å²) in [5.74, 6) is 0.709. The van der Waals surface area contributed by atoms with E-state index in [1.807, 2.05) is 0 Å². The molecular formula is C9H11S. The number of rotatable bonds is 3. The van der Waals surface area contributed by atoms with Crippen LogP contribution in [0.1, 0.15) is 19.3 Å². The van der Waals surface area contributed by atoms with Crippen molar-refractivity contribution in [2.75, 3.05) is 0 Å². The molecule has 0 aliphatic heterocycles. The van der Waals surface area contributed by atoms with Gasteiger partial charge in [-0.1, -0.05) is 36.5 Å². The Morgan fingerprint density at radius 1 is 1.50 bits per heavy atom. The van der Waals surface area contributed by atoms with Crippen LogP contribution in [0.25, 0.3) is 0 Å². The molecular weight excluding hydrogens is 140 g/mol. The van der Waals surface area contributed by atoms with Crippen LogP contribution in [0.5, 0.6) is 0 Å². The van der Waals surface area contributed by atoms with Crippen molar-refractivity contribution in [3.8, 4) is 0 Å². The molecule has 0 nitrogen and oxygen atoms in total. The van der Waals surface area contributed by atoms with Gasteiger partial charge in [-0.15, -0.1) is 0 Å². The van der Waals surface area contributed by atoms with Crippen molar-refractivity contribution in [2.24, 2.45) is 5.92 Å². The van der Waals surface area contributed by atoms with Crippen molar-refractivity contribution in [1.82, 2.24) is 0 Å². The molecule has 1 aliphatic carbocycles. The van der Waals surface area contributed by atoms with Crippen LogP contribution in [0, 0.1) is 5.92 Å². The molecule has 0 saturated heterocycles. The van der Waals surface area contributed by atoms with Crippen molar-refractivity contribution < 1.29 is 0 Å². The first-order chi connectivity index (χ1) is 4.93. The Labute approximate surface area is 67.6 Å². The second-order valence-electron chi connectivity index (χ2n) is 2.49. The van der Waals surface area contributed by atoms with Gasteiger partial charge in [0, 0.05) is 5.37 Å². The molecule has 0 saturated carbocycles. The normalized spacial score (nSPS) is 23.0. The maximum atomic E-state index is 4.63. The number of hydrogen-bond acceptors (Lipinski definition) is 1. The molecule has 1 heteroatoms. The van der Waals surface area contributed by atoms with E-state index >= 15 is 0 Å². The lowest BCUT2D eigenvalue weighted by Crippen LogP contribution is -1.96. The van der Waals surface area contributed by atoms with Crippen LogP contribution >= 0.6 is 12.2 Å². The lowest BCUT2D eigenvalue weighted by atomic mass is 9.96. The Balaban J connectivity index is 2.23. The molecule has 0 aromatic heterocycles. The average Bonchev–Trinajstić information content (AvgIpc) is 2.03. The molecule has 53 valence electrons. The van der Waals surface area contributed by atoms with Gasteiger partial charge in [-0.05, 0) is 25.2 Å². The number of allylic oxidation sites excluding steroid dienone is 4. The molecule has 0 fully saturated rings. The zero-order valence-electron chi connectivity index (χ0n) is 5.92. The van der Waals surface area contributed by atoms with E-state index in [0.717, 1.165) is 12.8 Å². The molecule has 0 bridgehead atoms. The zero-order valence-corrected chi connectivity index (χ0v) is 6.73. The van der Waals surface area contributed by atoms with Crippen LogP contribution < -0.4 is 0 Å². The highest BCUT2D eigenvalue weighted by molar-refractivity contribution is 7.78. The summed E-state index contributed by atoms with van der Waals surface area (Å²) in [6, 6.07) is 0. The second kappa shape index (κ2) is 4.40. The molecule has 0 aromatic rings. The molecule has 0 heterocycles. The second-order valence-corrected chi connectivity index (χ2v) is 2.78. The fourth-order valence-corrected chi connectivity index (χ4v) is 1.21. The van der Waals surface area contributed by atoms with Gasteiger partial charge in [0.15, 0.2) is 0 Å². The minimum atomic E-state index is 0.709. The molecule has 1 unspecified atom stereocenters. The van der Waals surface area contributed by atoms with Crippen LogP contribution in [0.2, 0.25) is 0 Å². The third kappa shape index (κ3) is 2.44. The maximum absolute atomic E-state index is 4.63. The van der Waals surface area contributed by atoms with E-state index < -0.39 is 0 Å². The Hall–Kier alpha value is -0.430. The minimum absolute atomic E-state index is 0.709. The van der Waals surface area contributed by atoms with E-state index in [0.29, 0.717) is 5.92 Å². The van der Waals surface area contributed by atoms with E-state index in [2.05, 4.69) is 41.9 Å².